The first-order valence-electron chi connectivity index (χ1n) is 7.21. The number of amides is 1. The number of carbonyl (C=O) groups excluding carboxylic acids is 1. The monoisotopic (exact) mass is 277 g/mol. The molecule has 4 nitrogen and oxygen atoms in total. The van der Waals surface area contributed by atoms with E-state index in [0.717, 1.165) is 25.7 Å². The van der Waals surface area contributed by atoms with E-state index in [1.165, 1.54) is 0 Å². The first-order valence-corrected chi connectivity index (χ1v) is 7.21. The van der Waals surface area contributed by atoms with E-state index in [1.807, 2.05) is 0 Å². The summed E-state index contributed by atoms with van der Waals surface area (Å²) in [5.74, 6) is 0.116. The highest BCUT2D eigenvalue weighted by Gasteiger charge is 2.34. The SMILES string of the molecule is Cc1c(O)cccc1C(=O)NC[C@](C)(O)C1CCCC1. The van der Waals surface area contributed by atoms with Crippen LogP contribution >= 0.6 is 0 Å². The van der Waals surface area contributed by atoms with Crippen LogP contribution < -0.4 is 5.32 Å². The van der Waals surface area contributed by atoms with Gasteiger partial charge in [-0.05, 0) is 44.7 Å². The van der Waals surface area contributed by atoms with Crippen LogP contribution in [0.25, 0.3) is 0 Å². The van der Waals surface area contributed by atoms with Gasteiger partial charge in [0.05, 0.1) is 5.60 Å². The Morgan fingerprint density at radius 1 is 1.40 bits per heavy atom. The molecule has 0 radical (unpaired) electrons. The number of rotatable bonds is 4. The lowest BCUT2D eigenvalue weighted by Crippen LogP contribution is -2.45. The van der Waals surface area contributed by atoms with E-state index in [9.17, 15) is 15.0 Å². The molecule has 0 aliphatic heterocycles. The van der Waals surface area contributed by atoms with Crippen molar-refractivity contribution >= 4 is 5.91 Å². The van der Waals surface area contributed by atoms with E-state index < -0.39 is 5.60 Å². The molecule has 0 aromatic heterocycles. The maximum absolute atomic E-state index is 12.1. The molecule has 110 valence electrons. The Balaban J connectivity index is 1.99. The molecule has 1 amide bonds. The zero-order valence-corrected chi connectivity index (χ0v) is 12.1. The largest absolute Gasteiger partial charge is 0.508 e. The number of benzene rings is 1. The highest BCUT2D eigenvalue weighted by Crippen LogP contribution is 2.33. The molecule has 20 heavy (non-hydrogen) atoms. The number of carbonyl (C=O) groups is 1. The molecule has 1 saturated carbocycles. The minimum atomic E-state index is -0.864. The normalized spacial score (nSPS) is 18.8. The van der Waals surface area contributed by atoms with Crippen LogP contribution in [0.3, 0.4) is 0 Å². The van der Waals surface area contributed by atoms with Crippen LogP contribution in [0.5, 0.6) is 5.75 Å². The van der Waals surface area contributed by atoms with E-state index >= 15 is 0 Å². The Morgan fingerprint density at radius 3 is 2.70 bits per heavy atom. The van der Waals surface area contributed by atoms with E-state index in [1.54, 1.807) is 32.0 Å². The first kappa shape index (κ1) is 14.9. The van der Waals surface area contributed by atoms with Gasteiger partial charge in [0.15, 0.2) is 0 Å². The lowest BCUT2D eigenvalue weighted by Gasteiger charge is -2.30. The smallest absolute Gasteiger partial charge is 0.251 e. The van der Waals surface area contributed by atoms with Gasteiger partial charge in [0.25, 0.3) is 5.91 Å². The second-order valence-corrected chi connectivity index (χ2v) is 5.97. The molecule has 1 atom stereocenters. The van der Waals surface area contributed by atoms with Crippen LogP contribution in [0.15, 0.2) is 18.2 Å². The topological polar surface area (TPSA) is 69.6 Å². The summed E-state index contributed by atoms with van der Waals surface area (Å²) < 4.78 is 0. The van der Waals surface area contributed by atoms with Gasteiger partial charge in [-0.1, -0.05) is 18.9 Å². The van der Waals surface area contributed by atoms with Crippen molar-refractivity contribution in [2.45, 2.75) is 45.1 Å². The van der Waals surface area contributed by atoms with Crippen LogP contribution in [0, 0.1) is 12.8 Å². The molecule has 2 rings (SSSR count). The predicted octanol–water partition coefficient (Wildman–Crippen LogP) is 2.37. The molecule has 1 aliphatic carbocycles. The molecule has 1 aromatic carbocycles. The Labute approximate surface area is 119 Å². The number of phenolic OH excluding ortho intramolecular Hbond substituents is 1. The molecule has 0 unspecified atom stereocenters. The molecule has 3 N–H and O–H groups in total. The first-order chi connectivity index (χ1) is 9.42. The van der Waals surface area contributed by atoms with Crippen molar-refractivity contribution in [1.29, 1.82) is 0 Å². The van der Waals surface area contributed by atoms with Gasteiger partial charge in [0, 0.05) is 17.7 Å². The Morgan fingerprint density at radius 2 is 2.05 bits per heavy atom. The van der Waals surface area contributed by atoms with E-state index in [2.05, 4.69) is 5.32 Å². The fourth-order valence-electron chi connectivity index (χ4n) is 2.92. The quantitative estimate of drug-likeness (QED) is 0.791. The van der Waals surface area contributed by atoms with Gasteiger partial charge in [0.2, 0.25) is 0 Å². The molecule has 1 fully saturated rings. The summed E-state index contributed by atoms with van der Waals surface area (Å²) in [4.78, 5) is 12.1. The van der Waals surface area contributed by atoms with E-state index in [-0.39, 0.29) is 24.1 Å². The highest BCUT2D eigenvalue weighted by molar-refractivity contribution is 5.96. The summed E-state index contributed by atoms with van der Waals surface area (Å²) in [6, 6.07) is 4.88. The second kappa shape index (κ2) is 5.83. The molecule has 1 aliphatic rings. The molecular weight excluding hydrogens is 254 g/mol. The van der Waals surface area contributed by atoms with Crippen molar-refractivity contribution in [1.82, 2.24) is 5.32 Å². The lowest BCUT2D eigenvalue weighted by molar-refractivity contribution is 0.00284. The van der Waals surface area contributed by atoms with Gasteiger partial charge in [-0.25, -0.2) is 0 Å². The third-order valence-corrected chi connectivity index (χ3v) is 4.39. The molecule has 0 heterocycles. The van der Waals surface area contributed by atoms with Crippen molar-refractivity contribution in [3.63, 3.8) is 0 Å². The number of hydrogen-bond donors (Lipinski definition) is 3. The molecule has 0 spiro atoms. The van der Waals surface area contributed by atoms with Gasteiger partial charge in [-0.15, -0.1) is 0 Å². The van der Waals surface area contributed by atoms with Crippen molar-refractivity contribution in [2.75, 3.05) is 6.54 Å². The Kier molecular flexibility index (Phi) is 4.33. The van der Waals surface area contributed by atoms with Crippen LogP contribution in [0.1, 0.15) is 48.5 Å². The summed E-state index contributed by atoms with van der Waals surface area (Å²) in [7, 11) is 0. The molecule has 4 heteroatoms. The fraction of sp³-hybridized carbons (Fsp3) is 0.562. The van der Waals surface area contributed by atoms with Gasteiger partial charge in [-0.3, -0.25) is 4.79 Å². The average molecular weight is 277 g/mol. The number of hydrogen-bond acceptors (Lipinski definition) is 3. The van der Waals surface area contributed by atoms with Gasteiger partial charge >= 0.3 is 0 Å². The van der Waals surface area contributed by atoms with Gasteiger partial charge < -0.3 is 15.5 Å². The summed E-state index contributed by atoms with van der Waals surface area (Å²) in [5, 5.41) is 22.9. The van der Waals surface area contributed by atoms with Crippen molar-refractivity contribution in [2.24, 2.45) is 5.92 Å². The van der Waals surface area contributed by atoms with E-state index in [0.29, 0.717) is 11.1 Å². The van der Waals surface area contributed by atoms with Gasteiger partial charge in [0.1, 0.15) is 5.75 Å². The minimum Gasteiger partial charge on any atom is -0.508 e. The van der Waals surface area contributed by atoms with Crippen LogP contribution in [-0.4, -0.2) is 28.3 Å². The molecular formula is C16H23NO3. The van der Waals surface area contributed by atoms with Crippen molar-refractivity contribution in [3.05, 3.63) is 29.3 Å². The van der Waals surface area contributed by atoms with Crippen LogP contribution in [-0.2, 0) is 0 Å². The number of phenols is 1. The number of nitrogens with one attached hydrogen (secondary N) is 1. The van der Waals surface area contributed by atoms with E-state index in [4.69, 9.17) is 0 Å². The molecule has 0 saturated heterocycles. The molecule has 0 bridgehead atoms. The summed E-state index contributed by atoms with van der Waals surface area (Å²) in [5.41, 5.74) is 0.148. The van der Waals surface area contributed by atoms with Crippen LogP contribution in [0.2, 0.25) is 0 Å². The maximum Gasteiger partial charge on any atom is 0.251 e. The average Bonchev–Trinajstić information content (AvgIpc) is 2.94. The lowest BCUT2D eigenvalue weighted by atomic mass is 9.87. The number of aliphatic hydroxyl groups is 1. The number of aromatic hydroxyl groups is 1. The summed E-state index contributed by atoms with van der Waals surface area (Å²) in [6.45, 7) is 3.74. The third kappa shape index (κ3) is 3.12. The van der Waals surface area contributed by atoms with Crippen molar-refractivity contribution < 1.29 is 15.0 Å². The highest BCUT2D eigenvalue weighted by atomic mass is 16.3. The molecule has 1 aromatic rings. The maximum atomic E-state index is 12.1. The fourth-order valence-corrected chi connectivity index (χ4v) is 2.92. The summed E-state index contributed by atoms with van der Waals surface area (Å²) in [6.07, 6.45) is 4.35. The Hall–Kier alpha value is -1.55. The zero-order chi connectivity index (χ0) is 14.8. The Bertz CT molecular complexity index is 490. The predicted molar refractivity (Wildman–Crippen MR) is 77.8 cm³/mol. The van der Waals surface area contributed by atoms with Gasteiger partial charge in [-0.2, -0.15) is 0 Å². The minimum absolute atomic E-state index is 0.111. The van der Waals surface area contributed by atoms with Crippen molar-refractivity contribution in [3.8, 4) is 5.75 Å². The zero-order valence-electron chi connectivity index (χ0n) is 12.1. The third-order valence-electron chi connectivity index (χ3n) is 4.39. The second-order valence-electron chi connectivity index (χ2n) is 5.97. The van der Waals surface area contributed by atoms with Crippen LogP contribution in [0.4, 0.5) is 0 Å². The summed E-state index contributed by atoms with van der Waals surface area (Å²) >= 11 is 0. The standard InChI is InChI=1S/C16H23NO3/c1-11-13(8-5-9-14(11)18)15(19)17-10-16(2,20)12-6-3-4-7-12/h5,8-9,12,18,20H,3-4,6-7,10H2,1-2H3,(H,17,19)/t16-/m0/s1.